The fraction of sp³-hybridized carbons (Fsp3) is 0.556. The third kappa shape index (κ3) is 2.36. The van der Waals surface area contributed by atoms with E-state index < -0.39 is 23.8 Å². The molecule has 0 radical (unpaired) electrons. The van der Waals surface area contributed by atoms with Crippen molar-refractivity contribution in [1.29, 1.82) is 0 Å². The van der Waals surface area contributed by atoms with Crippen LogP contribution in [0.2, 0.25) is 0 Å². The fourth-order valence-electron chi connectivity index (χ4n) is 1.82. The Bertz CT molecular complexity index is 431. The van der Waals surface area contributed by atoms with Crippen LogP contribution in [0.3, 0.4) is 0 Å². The first kappa shape index (κ1) is 12.2. The van der Waals surface area contributed by atoms with Crippen molar-refractivity contribution < 1.29 is 18.0 Å². The number of hydrogen-bond donors (Lipinski definition) is 1. The molecule has 0 bridgehead atoms. The molecule has 1 saturated heterocycles. The van der Waals surface area contributed by atoms with Gasteiger partial charge in [-0.2, -0.15) is 13.2 Å². The van der Waals surface area contributed by atoms with Gasteiger partial charge in [-0.1, -0.05) is 0 Å². The summed E-state index contributed by atoms with van der Waals surface area (Å²) in [6, 6.07) is -0.540. The van der Waals surface area contributed by atoms with Gasteiger partial charge in [0.2, 0.25) is 5.91 Å². The highest BCUT2D eigenvalue weighted by atomic mass is 32.1. The second kappa shape index (κ2) is 4.17. The first-order valence-electron chi connectivity index (χ1n) is 4.98. The number of aromatic nitrogens is 1. The monoisotopic (exact) mass is 265 g/mol. The van der Waals surface area contributed by atoms with E-state index in [4.69, 9.17) is 5.73 Å². The van der Waals surface area contributed by atoms with E-state index in [-0.39, 0.29) is 5.13 Å². The van der Waals surface area contributed by atoms with Crippen LogP contribution in [0.5, 0.6) is 0 Å². The second-order valence-corrected chi connectivity index (χ2v) is 4.60. The van der Waals surface area contributed by atoms with Crippen molar-refractivity contribution in [2.45, 2.75) is 25.1 Å². The number of rotatable bonds is 2. The molecule has 17 heavy (non-hydrogen) atoms. The molecule has 1 amide bonds. The van der Waals surface area contributed by atoms with E-state index in [0.717, 1.165) is 23.1 Å². The number of nitrogens with zero attached hydrogens (tertiary/aromatic N) is 2. The van der Waals surface area contributed by atoms with Crippen LogP contribution >= 0.6 is 11.3 Å². The summed E-state index contributed by atoms with van der Waals surface area (Å²) in [5, 5.41) is 1.16. The molecule has 1 atom stereocenters. The molecule has 4 nitrogen and oxygen atoms in total. The first-order chi connectivity index (χ1) is 7.89. The maximum absolute atomic E-state index is 12.4. The van der Waals surface area contributed by atoms with Gasteiger partial charge in [0.05, 0.1) is 0 Å². The van der Waals surface area contributed by atoms with Crippen LogP contribution in [0.1, 0.15) is 18.5 Å². The maximum Gasteiger partial charge on any atom is 0.434 e. The molecule has 2 N–H and O–H groups in total. The van der Waals surface area contributed by atoms with Crippen molar-refractivity contribution in [3.8, 4) is 0 Å². The Morgan fingerprint density at radius 2 is 2.29 bits per heavy atom. The standard InChI is InChI=1S/C9H10F3N3OS/c10-9(11,12)6-4-17-8(14-6)15-3-1-2-5(15)7(13)16/h4-5H,1-3H2,(H2,13,16). The zero-order valence-electron chi connectivity index (χ0n) is 8.70. The number of hydrogen-bond acceptors (Lipinski definition) is 4. The summed E-state index contributed by atoms with van der Waals surface area (Å²) in [6.45, 7) is 0.512. The van der Waals surface area contributed by atoms with Crippen molar-refractivity contribution in [3.63, 3.8) is 0 Å². The Balaban J connectivity index is 2.23. The molecule has 8 heteroatoms. The number of thiazole rings is 1. The number of carbonyl (C=O) groups is 1. The van der Waals surface area contributed by atoms with E-state index in [9.17, 15) is 18.0 Å². The quantitative estimate of drug-likeness (QED) is 0.884. The summed E-state index contributed by atoms with van der Waals surface area (Å²) in [5.41, 5.74) is 4.27. The van der Waals surface area contributed by atoms with Gasteiger partial charge < -0.3 is 10.6 Å². The lowest BCUT2D eigenvalue weighted by molar-refractivity contribution is -0.140. The highest BCUT2D eigenvalue weighted by Gasteiger charge is 2.36. The Labute approximate surface area is 99.2 Å². The average molecular weight is 265 g/mol. The number of carbonyl (C=O) groups excluding carboxylic acids is 1. The third-order valence-electron chi connectivity index (χ3n) is 2.61. The van der Waals surface area contributed by atoms with Crippen LogP contribution in [0.4, 0.5) is 18.3 Å². The second-order valence-electron chi connectivity index (χ2n) is 3.77. The van der Waals surface area contributed by atoms with Gasteiger partial charge in [0, 0.05) is 11.9 Å². The van der Waals surface area contributed by atoms with Gasteiger partial charge >= 0.3 is 6.18 Å². The molecule has 0 saturated carbocycles. The molecule has 1 aromatic rings. The summed E-state index contributed by atoms with van der Waals surface area (Å²) in [6.07, 6.45) is -3.15. The predicted octanol–water partition coefficient (Wildman–Crippen LogP) is 1.62. The lowest BCUT2D eigenvalue weighted by atomic mass is 10.2. The smallest absolute Gasteiger partial charge is 0.368 e. The minimum atomic E-state index is -4.45. The maximum atomic E-state index is 12.4. The van der Waals surface area contributed by atoms with E-state index in [1.54, 1.807) is 4.90 Å². The van der Waals surface area contributed by atoms with Crippen LogP contribution in [0.15, 0.2) is 5.38 Å². The average Bonchev–Trinajstić information content (AvgIpc) is 2.85. The van der Waals surface area contributed by atoms with E-state index in [1.807, 2.05) is 0 Å². The van der Waals surface area contributed by atoms with E-state index in [2.05, 4.69) is 4.98 Å². The predicted molar refractivity (Wildman–Crippen MR) is 56.7 cm³/mol. The van der Waals surface area contributed by atoms with Crippen LogP contribution in [0, 0.1) is 0 Å². The largest absolute Gasteiger partial charge is 0.434 e. The summed E-state index contributed by atoms with van der Waals surface area (Å²) in [4.78, 5) is 16.2. The Morgan fingerprint density at radius 1 is 1.59 bits per heavy atom. The molecule has 1 aliphatic heterocycles. The lowest BCUT2D eigenvalue weighted by Gasteiger charge is -2.20. The number of halogens is 3. The van der Waals surface area contributed by atoms with Gasteiger partial charge in [0.25, 0.3) is 0 Å². The van der Waals surface area contributed by atoms with Gasteiger partial charge in [-0.25, -0.2) is 4.98 Å². The molecule has 2 rings (SSSR count). The number of nitrogens with two attached hydrogens (primary N) is 1. The third-order valence-corrected chi connectivity index (χ3v) is 3.49. The van der Waals surface area contributed by atoms with E-state index in [1.165, 1.54) is 0 Å². The minimum absolute atomic E-state index is 0.207. The van der Waals surface area contributed by atoms with E-state index in [0.29, 0.717) is 13.0 Å². The zero-order valence-corrected chi connectivity index (χ0v) is 9.51. The van der Waals surface area contributed by atoms with Gasteiger partial charge in [-0.05, 0) is 12.8 Å². The molecule has 1 aliphatic rings. The van der Waals surface area contributed by atoms with Crippen molar-refractivity contribution in [2.24, 2.45) is 5.73 Å². The molecule has 1 unspecified atom stereocenters. The fourth-order valence-corrected chi connectivity index (χ4v) is 2.73. The van der Waals surface area contributed by atoms with Gasteiger partial charge in [0.1, 0.15) is 6.04 Å². The number of anilines is 1. The number of amides is 1. The van der Waals surface area contributed by atoms with Crippen molar-refractivity contribution in [3.05, 3.63) is 11.1 Å². The first-order valence-corrected chi connectivity index (χ1v) is 5.86. The molecule has 0 spiro atoms. The normalized spacial score (nSPS) is 20.9. The lowest BCUT2D eigenvalue weighted by Crippen LogP contribution is -2.40. The van der Waals surface area contributed by atoms with Crippen LogP contribution in [-0.4, -0.2) is 23.5 Å². The zero-order chi connectivity index (χ0) is 12.6. The summed E-state index contributed by atoms with van der Waals surface area (Å²) in [7, 11) is 0. The van der Waals surface area contributed by atoms with Crippen LogP contribution in [-0.2, 0) is 11.0 Å². The SMILES string of the molecule is NC(=O)C1CCCN1c1nc(C(F)(F)F)cs1. The molecular weight excluding hydrogens is 255 g/mol. The minimum Gasteiger partial charge on any atom is -0.368 e. The van der Waals surface area contributed by atoms with Crippen LogP contribution < -0.4 is 10.6 Å². The summed E-state index contributed by atoms with van der Waals surface area (Å²) < 4.78 is 37.1. The van der Waals surface area contributed by atoms with Crippen LogP contribution in [0.25, 0.3) is 0 Å². The number of alkyl halides is 3. The number of primary amides is 1. The van der Waals surface area contributed by atoms with Crippen molar-refractivity contribution in [2.75, 3.05) is 11.4 Å². The molecule has 2 heterocycles. The molecular formula is C9H10F3N3OS. The highest BCUT2D eigenvalue weighted by Crippen LogP contribution is 2.35. The van der Waals surface area contributed by atoms with Gasteiger partial charge in [0.15, 0.2) is 10.8 Å². The highest BCUT2D eigenvalue weighted by molar-refractivity contribution is 7.13. The molecule has 0 aliphatic carbocycles. The Hall–Kier alpha value is -1.31. The topological polar surface area (TPSA) is 59.2 Å². The molecule has 0 aromatic carbocycles. The van der Waals surface area contributed by atoms with Gasteiger partial charge in [-0.3, -0.25) is 4.79 Å². The summed E-state index contributed by atoms with van der Waals surface area (Å²) in [5.74, 6) is -0.522. The molecule has 1 aromatic heterocycles. The molecule has 94 valence electrons. The van der Waals surface area contributed by atoms with Crippen molar-refractivity contribution >= 4 is 22.4 Å². The summed E-state index contributed by atoms with van der Waals surface area (Å²) >= 11 is 0.882. The van der Waals surface area contributed by atoms with Crippen molar-refractivity contribution in [1.82, 2.24) is 4.98 Å². The Morgan fingerprint density at radius 3 is 2.82 bits per heavy atom. The Kier molecular flexibility index (Phi) is 2.98. The van der Waals surface area contributed by atoms with Gasteiger partial charge in [-0.15, -0.1) is 11.3 Å². The van der Waals surface area contributed by atoms with E-state index >= 15 is 0 Å². The molecule has 1 fully saturated rings.